The molecule has 1 rings (SSSR count). The number of halogens is 1. The first-order chi connectivity index (χ1) is 7.88. The van der Waals surface area contributed by atoms with Crippen molar-refractivity contribution in [2.45, 2.75) is 26.3 Å². The van der Waals surface area contributed by atoms with Crippen LogP contribution < -0.4 is 10.6 Å². The third-order valence-electron chi connectivity index (χ3n) is 1.87. The second-order valence-electron chi connectivity index (χ2n) is 4.70. The highest BCUT2D eigenvalue weighted by molar-refractivity contribution is 6.32. The van der Waals surface area contributed by atoms with E-state index in [1.165, 1.54) is 0 Å². The number of urea groups is 1. The summed E-state index contributed by atoms with van der Waals surface area (Å²) < 4.78 is 0. The highest BCUT2D eigenvalue weighted by Crippen LogP contribution is 2.15. The van der Waals surface area contributed by atoms with Crippen LogP contribution in [0, 0.1) is 0 Å². The molecule has 0 fully saturated rings. The Morgan fingerprint density at radius 3 is 2.53 bits per heavy atom. The van der Waals surface area contributed by atoms with Crippen molar-refractivity contribution in [2.75, 3.05) is 0 Å². The monoisotopic (exact) mass is 252 g/mol. The fourth-order valence-corrected chi connectivity index (χ4v) is 1.39. The Kier molecular flexibility index (Phi) is 4.58. The summed E-state index contributed by atoms with van der Waals surface area (Å²) in [7, 11) is 0. The normalized spacial score (nSPS) is 11.5. The van der Waals surface area contributed by atoms with E-state index in [1.54, 1.807) is 18.3 Å². The third-order valence-corrected chi connectivity index (χ3v) is 2.22. The van der Waals surface area contributed by atoms with E-state index >= 15 is 0 Å². The van der Waals surface area contributed by atoms with Gasteiger partial charge in [-0.3, -0.25) is 0 Å². The van der Waals surface area contributed by atoms with Crippen LogP contribution in [0.25, 0.3) is 6.08 Å². The van der Waals surface area contributed by atoms with Crippen molar-refractivity contribution in [3.63, 3.8) is 0 Å². The summed E-state index contributed by atoms with van der Waals surface area (Å²) in [5.41, 5.74) is 0.618. The topological polar surface area (TPSA) is 41.1 Å². The van der Waals surface area contributed by atoms with Crippen molar-refractivity contribution in [3.05, 3.63) is 41.1 Å². The van der Waals surface area contributed by atoms with Gasteiger partial charge in [-0.05, 0) is 38.5 Å². The second-order valence-corrected chi connectivity index (χ2v) is 5.11. The quantitative estimate of drug-likeness (QED) is 0.832. The lowest BCUT2D eigenvalue weighted by Crippen LogP contribution is -2.44. The third kappa shape index (κ3) is 5.41. The van der Waals surface area contributed by atoms with E-state index in [4.69, 9.17) is 11.6 Å². The number of benzene rings is 1. The van der Waals surface area contributed by atoms with Crippen molar-refractivity contribution >= 4 is 23.7 Å². The molecule has 3 nitrogen and oxygen atoms in total. The Labute approximate surface area is 107 Å². The summed E-state index contributed by atoms with van der Waals surface area (Å²) >= 11 is 5.97. The molecule has 0 radical (unpaired) electrons. The van der Waals surface area contributed by atoms with Gasteiger partial charge in [0.05, 0.1) is 0 Å². The number of amides is 2. The Morgan fingerprint density at radius 1 is 1.29 bits per heavy atom. The summed E-state index contributed by atoms with van der Waals surface area (Å²) in [4.78, 5) is 11.4. The van der Waals surface area contributed by atoms with Crippen molar-refractivity contribution in [1.29, 1.82) is 0 Å². The number of carbonyl (C=O) groups excluding carboxylic acids is 1. The predicted molar refractivity (Wildman–Crippen MR) is 71.9 cm³/mol. The smallest absolute Gasteiger partial charge is 0.319 e. The van der Waals surface area contributed by atoms with Crippen LogP contribution in [0.3, 0.4) is 0 Å². The lowest BCUT2D eigenvalue weighted by molar-refractivity contribution is 0.235. The zero-order valence-corrected chi connectivity index (χ0v) is 11.0. The number of nitrogens with one attached hydrogen (secondary N) is 2. The van der Waals surface area contributed by atoms with Gasteiger partial charge in [0.25, 0.3) is 0 Å². The van der Waals surface area contributed by atoms with E-state index in [-0.39, 0.29) is 11.6 Å². The Balaban J connectivity index is 2.51. The van der Waals surface area contributed by atoms with E-state index in [1.807, 2.05) is 39.0 Å². The SMILES string of the molecule is CC(C)(C)NC(=O)N/C=C/c1ccccc1Cl. The molecule has 2 N–H and O–H groups in total. The Morgan fingerprint density at radius 2 is 1.94 bits per heavy atom. The van der Waals surface area contributed by atoms with E-state index < -0.39 is 0 Å². The van der Waals surface area contributed by atoms with E-state index in [2.05, 4.69) is 10.6 Å². The zero-order chi connectivity index (χ0) is 12.9. The van der Waals surface area contributed by atoms with Gasteiger partial charge in [-0.2, -0.15) is 0 Å². The van der Waals surface area contributed by atoms with Crippen molar-refractivity contribution in [3.8, 4) is 0 Å². The molecule has 92 valence electrons. The largest absolute Gasteiger partial charge is 0.333 e. The molecular weight excluding hydrogens is 236 g/mol. The summed E-state index contributed by atoms with van der Waals surface area (Å²) in [5, 5.41) is 6.07. The molecule has 0 aliphatic heterocycles. The van der Waals surface area contributed by atoms with Gasteiger partial charge in [-0.15, -0.1) is 0 Å². The molecule has 1 aromatic rings. The maximum absolute atomic E-state index is 11.4. The maximum Gasteiger partial charge on any atom is 0.319 e. The van der Waals surface area contributed by atoms with Gasteiger partial charge in [0.2, 0.25) is 0 Å². The minimum Gasteiger partial charge on any atom is -0.333 e. The van der Waals surface area contributed by atoms with Crippen LogP contribution in [0.4, 0.5) is 4.79 Å². The lowest BCUT2D eigenvalue weighted by Gasteiger charge is -2.19. The summed E-state index contributed by atoms with van der Waals surface area (Å²) in [6, 6.07) is 7.19. The number of carbonyl (C=O) groups is 1. The van der Waals surface area contributed by atoms with Crippen LogP contribution in [-0.2, 0) is 0 Å². The fourth-order valence-electron chi connectivity index (χ4n) is 1.19. The molecule has 0 saturated heterocycles. The molecule has 0 heterocycles. The van der Waals surface area contributed by atoms with Gasteiger partial charge in [0, 0.05) is 16.8 Å². The Hall–Kier alpha value is -1.48. The molecular formula is C13H17ClN2O. The lowest BCUT2D eigenvalue weighted by atomic mass is 10.1. The zero-order valence-electron chi connectivity index (χ0n) is 10.3. The van der Waals surface area contributed by atoms with Crippen LogP contribution in [0.15, 0.2) is 30.5 Å². The van der Waals surface area contributed by atoms with Crippen LogP contribution in [0.2, 0.25) is 5.02 Å². The second kappa shape index (κ2) is 5.73. The summed E-state index contributed by atoms with van der Waals surface area (Å²) in [5.74, 6) is 0. The first kappa shape index (κ1) is 13.6. The molecule has 17 heavy (non-hydrogen) atoms. The maximum atomic E-state index is 11.4. The molecule has 2 amide bonds. The van der Waals surface area contributed by atoms with Crippen molar-refractivity contribution in [2.24, 2.45) is 0 Å². The molecule has 0 bridgehead atoms. The molecule has 1 aromatic carbocycles. The van der Waals surface area contributed by atoms with Gasteiger partial charge >= 0.3 is 6.03 Å². The van der Waals surface area contributed by atoms with E-state index in [9.17, 15) is 4.79 Å². The van der Waals surface area contributed by atoms with Crippen molar-refractivity contribution < 1.29 is 4.79 Å². The van der Waals surface area contributed by atoms with E-state index in [0.29, 0.717) is 5.02 Å². The minimum absolute atomic E-state index is 0.235. The number of hydrogen-bond donors (Lipinski definition) is 2. The van der Waals surface area contributed by atoms with E-state index in [0.717, 1.165) is 5.56 Å². The average molecular weight is 253 g/mol. The molecule has 4 heteroatoms. The first-order valence-electron chi connectivity index (χ1n) is 5.38. The number of hydrogen-bond acceptors (Lipinski definition) is 1. The van der Waals surface area contributed by atoms with Gasteiger partial charge in [-0.1, -0.05) is 29.8 Å². The van der Waals surface area contributed by atoms with Gasteiger partial charge in [-0.25, -0.2) is 4.79 Å². The molecule has 0 saturated carbocycles. The van der Waals surface area contributed by atoms with Crippen LogP contribution >= 0.6 is 11.6 Å². The van der Waals surface area contributed by atoms with Crippen LogP contribution in [0.1, 0.15) is 26.3 Å². The summed E-state index contributed by atoms with van der Waals surface area (Å²) in [6.45, 7) is 5.76. The molecule has 0 aromatic heterocycles. The van der Waals surface area contributed by atoms with Gasteiger partial charge in [0.1, 0.15) is 0 Å². The number of rotatable bonds is 2. The molecule has 0 aliphatic rings. The predicted octanol–water partition coefficient (Wildman–Crippen LogP) is 3.41. The van der Waals surface area contributed by atoms with Crippen LogP contribution in [0.5, 0.6) is 0 Å². The fraction of sp³-hybridized carbons (Fsp3) is 0.308. The van der Waals surface area contributed by atoms with Crippen LogP contribution in [-0.4, -0.2) is 11.6 Å². The van der Waals surface area contributed by atoms with Gasteiger partial charge < -0.3 is 10.6 Å². The standard InChI is InChI=1S/C13H17ClN2O/c1-13(2,3)16-12(17)15-9-8-10-6-4-5-7-11(10)14/h4-9H,1-3H3,(H2,15,16,17)/b9-8+. The molecule has 0 atom stereocenters. The summed E-state index contributed by atoms with van der Waals surface area (Å²) in [6.07, 6.45) is 3.33. The molecule has 0 aliphatic carbocycles. The molecule has 0 unspecified atom stereocenters. The highest BCUT2D eigenvalue weighted by Gasteiger charge is 2.11. The van der Waals surface area contributed by atoms with Crippen molar-refractivity contribution in [1.82, 2.24) is 10.6 Å². The first-order valence-corrected chi connectivity index (χ1v) is 5.76. The molecule has 0 spiro atoms. The average Bonchev–Trinajstić information content (AvgIpc) is 2.18. The highest BCUT2D eigenvalue weighted by atomic mass is 35.5. The Bertz CT molecular complexity index is 422. The van der Waals surface area contributed by atoms with Gasteiger partial charge in [0.15, 0.2) is 0 Å². The minimum atomic E-state index is -0.248.